The lowest BCUT2D eigenvalue weighted by Crippen LogP contribution is -2.47. The average Bonchev–Trinajstić information content (AvgIpc) is 3.04. The maximum atomic E-state index is 11.1. The second-order valence-corrected chi connectivity index (χ2v) is 6.58. The maximum Gasteiger partial charge on any atom is 0.105 e. The van der Waals surface area contributed by atoms with Crippen LogP contribution in [0.2, 0.25) is 0 Å². The van der Waals surface area contributed by atoms with Crippen molar-refractivity contribution in [1.29, 1.82) is 0 Å². The van der Waals surface area contributed by atoms with Crippen molar-refractivity contribution in [2.24, 2.45) is 0 Å². The van der Waals surface area contributed by atoms with Gasteiger partial charge in [0, 0.05) is 24.4 Å². The fourth-order valence-corrected chi connectivity index (χ4v) is 3.78. The molecule has 0 aliphatic heterocycles. The number of aryl methyl sites for hydroxylation is 1. The molecule has 3 rings (SSSR count). The van der Waals surface area contributed by atoms with Crippen molar-refractivity contribution in [3.8, 4) is 0 Å². The van der Waals surface area contributed by atoms with Crippen LogP contribution in [0.25, 0.3) is 10.9 Å². The Labute approximate surface area is 148 Å². The molecule has 2 aromatic carbocycles. The molecule has 25 heavy (non-hydrogen) atoms. The van der Waals surface area contributed by atoms with Crippen molar-refractivity contribution in [1.82, 2.24) is 4.57 Å². The van der Waals surface area contributed by atoms with Crippen LogP contribution in [0.1, 0.15) is 24.5 Å². The van der Waals surface area contributed by atoms with Crippen LogP contribution in [-0.2, 0) is 10.3 Å². The number of aromatic nitrogens is 1. The third kappa shape index (κ3) is 2.81. The van der Waals surface area contributed by atoms with E-state index in [0.717, 1.165) is 28.6 Å². The van der Waals surface area contributed by atoms with E-state index in [0.29, 0.717) is 0 Å². The zero-order chi connectivity index (χ0) is 18.0. The summed E-state index contributed by atoms with van der Waals surface area (Å²) in [6.07, 6.45) is 2.05. The molecule has 0 spiro atoms. The van der Waals surface area contributed by atoms with Crippen LogP contribution < -0.4 is 5.73 Å². The Bertz CT molecular complexity index is 854. The van der Waals surface area contributed by atoms with Crippen LogP contribution in [0, 0.1) is 6.92 Å². The van der Waals surface area contributed by atoms with Crippen LogP contribution >= 0.6 is 0 Å². The number of hydrogen-bond acceptors (Lipinski definition) is 3. The molecule has 0 amide bonds. The molecule has 0 bridgehead atoms. The highest BCUT2D eigenvalue weighted by molar-refractivity contribution is 5.91. The molecule has 132 valence electrons. The van der Waals surface area contributed by atoms with Gasteiger partial charge in [0.25, 0.3) is 0 Å². The number of fused-ring (bicyclic) bond motifs is 1. The Morgan fingerprint density at radius 1 is 1.16 bits per heavy atom. The van der Waals surface area contributed by atoms with Crippen molar-refractivity contribution in [2.75, 3.05) is 19.5 Å². The zero-order valence-corrected chi connectivity index (χ0v) is 15.1. The Morgan fingerprint density at radius 2 is 1.88 bits per heavy atom. The zero-order valence-electron chi connectivity index (χ0n) is 15.1. The van der Waals surface area contributed by atoms with Crippen LogP contribution in [0.4, 0.5) is 5.69 Å². The molecule has 3 aromatic rings. The first kappa shape index (κ1) is 17.5. The highest BCUT2D eigenvalue weighted by atomic mass is 16.5. The summed E-state index contributed by atoms with van der Waals surface area (Å²) in [5.41, 5.74) is 9.53. The molecule has 1 aromatic heterocycles. The van der Waals surface area contributed by atoms with Crippen LogP contribution in [-0.4, -0.2) is 29.5 Å². The summed E-state index contributed by atoms with van der Waals surface area (Å²) in [6, 6.07) is 16.3. The maximum absolute atomic E-state index is 11.1. The quantitative estimate of drug-likeness (QED) is 0.674. The van der Waals surface area contributed by atoms with E-state index >= 15 is 0 Å². The molecule has 0 aliphatic rings. The Balaban J connectivity index is 2.29. The Morgan fingerprint density at radius 3 is 2.52 bits per heavy atom. The van der Waals surface area contributed by atoms with Gasteiger partial charge in [-0.1, -0.05) is 42.8 Å². The number of rotatable bonds is 6. The summed E-state index contributed by atoms with van der Waals surface area (Å²) < 4.78 is 7.45. The minimum atomic E-state index is -0.692. The van der Waals surface area contributed by atoms with E-state index in [2.05, 4.69) is 42.7 Å². The first-order valence-corrected chi connectivity index (χ1v) is 8.64. The number of ether oxygens (including phenoxy) is 1. The lowest BCUT2D eigenvalue weighted by Gasteiger charge is -2.40. The summed E-state index contributed by atoms with van der Waals surface area (Å²) in [4.78, 5) is 0. The van der Waals surface area contributed by atoms with Crippen molar-refractivity contribution in [2.45, 2.75) is 31.9 Å². The molecule has 0 saturated heterocycles. The van der Waals surface area contributed by atoms with E-state index in [1.807, 2.05) is 30.5 Å². The van der Waals surface area contributed by atoms with E-state index in [9.17, 15) is 5.11 Å². The SMILES string of the molecule is CCC(c1ccc(C)cc1)(C(O)COC)n1ccc2c(N)cccc21. The first-order chi connectivity index (χ1) is 12.0. The number of nitrogens with zero attached hydrogens (tertiary/aromatic N) is 1. The lowest BCUT2D eigenvalue weighted by molar-refractivity contribution is -0.00445. The molecule has 2 unspecified atom stereocenters. The second kappa shape index (κ2) is 6.90. The van der Waals surface area contributed by atoms with Gasteiger partial charge in [-0.25, -0.2) is 0 Å². The lowest BCUT2D eigenvalue weighted by atomic mass is 9.81. The number of nitrogen functional groups attached to an aromatic ring is 1. The predicted octanol–water partition coefficient (Wildman–Crippen LogP) is 3.69. The van der Waals surface area contributed by atoms with Gasteiger partial charge >= 0.3 is 0 Å². The average molecular weight is 338 g/mol. The van der Waals surface area contributed by atoms with Gasteiger partial charge in [0.05, 0.1) is 17.7 Å². The molecule has 3 N–H and O–H groups in total. The molecule has 4 nitrogen and oxygen atoms in total. The molecule has 4 heteroatoms. The first-order valence-electron chi connectivity index (χ1n) is 8.64. The minimum absolute atomic E-state index is 0.254. The minimum Gasteiger partial charge on any atom is -0.398 e. The summed E-state index contributed by atoms with van der Waals surface area (Å²) in [7, 11) is 1.62. The Hall–Kier alpha value is -2.30. The van der Waals surface area contributed by atoms with Gasteiger partial charge in [-0.05, 0) is 37.1 Å². The number of anilines is 1. The van der Waals surface area contributed by atoms with E-state index in [4.69, 9.17) is 10.5 Å². The molecule has 0 aliphatic carbocycles. The number of aliphatic hydroxyl groups is 1. The molecule has 1 heterocycles. The normalized spacial score (nSPS) is 15.2. The van der Waals surface area contributed by atoms with Crippen LogP contribution in [0.15, 0.2) is 54.7 Å². The molecule has 0 saturated carbocycles. The predicted molar refractivity (Wildman–Crippen MR) is 103 cm³/mol. The van der Waals surface area contributed by atoms with E-state index in [-0.39, 0.29) is 6.61 Å². The molecule has 0 radical (unpaired) electrons. The highest BCUT2D eigenvalue weighted by Gasteiger charge is 2.40. The van der Waals surface area contributed by atoms with E-state index < -0.39 is 11.6 Å². The number of benzene rings is 2. The summed E-state index contributed by atoms with van der Waals surface area (Å²) in [6.45, 7) is 4.41. The molecule has 0 fully saturated rings. The third-order valence-corrected chi connectivity index (χ3v) is 5.16. The summed E-state index contributed by atoms with van der Waals surface area (Å²) in [5.74, 6) is 0. The number of methoxy groups -OCH3 is 1. The number of nitrogens with two attached hydrogens (primary N) is 1. The molecule has 2 atom stereocenters. The van der Waals surface area contributed by atoms with Crippen LogP contribution in [0.3, 0.4) is 0 Å². The molecular weight excluding hydrogens is 312 g/mol. The summed E-state index contributed by atoms with van der Waals surface area (Å²) in [5, 5.41) is 12.1. The largest absolute Gasteiger partial charge is 0.398 e. The van der Waals surface area contributed by atoms with Crippen molar-refractivity contribution >= 4 is 16.6 Å². The van der Waals surface area contributed by atoms with Crippen molar-refractivity contribution in [3.05, 3.63) is 65.9 Å². The van der Waals surface area contributed by atoms with Crippen LogP contribution in [0.5, 0.6) is 0 Å². The number of aliphatic hydroxyl groups excluding tert-OH is 1. The fourth-order valence-electron chi connectivity index (χ4n) is 3.78. The number of hydrogen-bond donors (Lipinski definition) is 2. The smallest absolute Gasteiger partial charge is 0.105 e. The van der Waals surface area contributed by atoms with Gasteiger partial charge in [-0.2, -0.15) is 0 Å². The monoisotopic (exact) mass is 338 g/mol. The van der Waals surface area contributed by atoms with E-state index in [1.165, 1.54) is 5.56 Å². The standard InChI is InChI=1S/C21H26N2O2/c1-4-21(20(24)14-25-3,16-10-8-15(2)9-11-16)23-13-12-17-18(22)6-5-7-19(17)23/h5-13,20,24H,4,14,22H2,1-3H3. The fraction of sp³-hybridized carbons (Fsp3) is 0.333. The van der Waals surface area contributed by atoms with Gasteiger partial charge in [-0.15, -0.1) is 0 Å². The van der Waals surface area contributed by atoms with Gasteiger partial charge in [0.1, 0.15) is 6.10 Å². The van der Waals surface area contributed by atoms with Crippen molar-refractivity contribution < 1.29 is 9.84 Å². The topological polar surface area (TPSA) is 60.4 Å². The third-order valence-electron chi connectivity index (χ3n) is 5.16. The summed E-state index contributed by atoms with van der Waals surface area (Å²) >= 11 is 0. The second-order valence-electron chi connectivity index (χ2n) is 6.58. The Kier molecular flexibility index (Phi) is 4.84. The van der Waals surface area contributed by atoms with Crippen molar-refractivity contribution in [3.63, 3.8) is 0 Å². The van der Waals surface area contributed by atoms with Gasteiger partial charge < -0.3 is 20.1 Å². The molecular formula is C21H26N2O2. The van der Waals surface area contributed by atoms with Gasteiger partial charge in [0.15, 0.2) is 0 Å². The highest BCUT2D eigenvalue weighted by Crippen LogP contribution is 2.38. The van der Waals surface area contributed by atoms with E-state index in [1.54, 1.807) is 7.11 Å². The van der Waals surface area contributed by atoms with Gasteiger partial charge in [0.2, 0.25) is 0 Å². The van der Waals surface area contributed by atoms with Gasteiger partial charge in [-0.3, -0.25) is 0 Å².